The highest BCUT2D eigenvalue weighted by Crippen LogP contribution is 2.24. The van der Waals surface area contributed by atoms with Crippen LogP contribution < -0.4 is 5.32 Å². The van der Waals surface area contributed by atoms with Crippen molar-refractivity contribution in [3.05, 3.63) is 79.9 Å². The molecule has 0 unspecified atom stereocenters. The van der Waals surface area contributed by atoms with Crippen LogP contribution >= 0.6 is 12.6 Å². The summed E-state index contributed by atoms with van der Waals surface area (Å²) in [6.45, 7) is 0.909. The Kier molecular flexibility index (Phi) is 9.90. The Labute approximate surface area is 245 Å². The maximum atomic E-state index is 13.3. The summed E-state index contributed by atoms with van der Waals surface area (Å²) >= 11 is 4.49. The normalized spacial score (nSPS) is 20.0. The number of nitro groups is 2. The Balaban J connectivity index is 1.23. The number of nitro benzene ring substituents is 2. The molecule has 0 spiro atoms. The summed E-state index contributed by atoms with van der Waals surface area (Å²) in [5.41, 5.74) is 1.02. The number of hydrogen-bond acceptors (Lipinski definition) is 10. The molecule has 2 aliphatic rings. The summed E-state index contributed by atoms with van der Waals surface area (Å²) < 4.78 is 10.3. The summed E-state index contributed by atoms with van der Waals surface area (Å²) in [5, 5.41) is 24.1. The first-order valence-corrected chi connectivity index (χ1v) is 13.4. The zero-order valence-corrected chi connectivity index (χ0v) is 23.1. The number of hydrogen-bond donors (Lipinski definition) is 2. The van der Waals surface area contributed by atoms with Crippen molar-refractivity contribution in [3.8, 4) is 0 Å². The molecular formula is C26H28N6O9S. The van der Waals surface area contributed by atoms with E-state index in [9.17, 15) is 34.6 Å². The fourth-order valence-electron chi connectivity index (χ4n) is 4.59. The van der Waals surface area contributed by atoms with Crippen molar-refractivity contribution in [1.82, 2.24) is 15.1 Å². The molecule has 2 saturated heterocycles. The zero-order chi connectivity index (χ0) is 30.2. The highest BCUT2D eigenvalue weighted by molar-refractivity contribution is 7.81. The van der Waals surface area contributed by atoms with Crippen molar-refractivity contribution >= 4 is 48.4 Å². The second kappa shape index (κ2) is 13.8. The minimum Gasteiger partial charge on any atom is -0.445 e. The maximum Gasteiger partial charge on any atom is 0.435 e. The zero-order valence-electron chi connectivity index (χ0n) is 22.2. The molecule has 2 fully saturated rings. The fraction of sp³-hybridized carbons (Fsp3) is 0.385. The Bertz CT molecular complexity index is 1360. The first-order valence-electron chi connectivity index (χ1n) is 12.9. The van der Waals surface area contributed by atoms with E-state index in [0.29, 0.717) is 37.1 Å². The van der Waals surface area contributed by atoms with Crippen LogP contribution in [0.5, 0.6) is 0 Å². The first kappa shape index (κ1) is 30.2. The number of ether oxygens (including phenoxy) is 2. The van der Waals surface area contributed by atoms with Gasteiger partial charge >= 0.3 is 12.2 Å². The van der Waals surface area contributed by atoms with Gasteiger partial charge in [0.25, 0.3) is 11.4 Å². The number of thiol groups is 1. The maximum absolute atomic E-state index is 13.3. The van der Waals surface area contributed by atoms with Crippen LogP contribution in [-0.4, -0.2) is 81.0 Å². The van der Waals surface area contributed by atoms with Gasteiger partial charge in [0.1, 0.15) is 19.3 Å². The van der Waals surface area contributed by atoms with Gasteiger partial charge in [-0.3, -0.25) is 25.0 Å². The average molecular weight is 601 g/mol. The first-order chi connectivity index (χ1) is 20.1. The summed E-state index contributed by atoms with van der Waals surface area (Å²) in [7, 11) is 0. The molecule has 16 heteroatoms. The van der Waals surface area contributed by atoms with E-state index < -0.39 is 28.1 Å². The number of amides is 3. The predicted octanol–water partition coefficient (Wildman–Crippen LogP) is 3.07. The molecule has 2 aromatic rings. The van der Waals surface area contributed by atoms with E-state index in [0.717, 1.165) is 0 Å². The molecular weight excluding hydrogens is 572 g/mol. The van der Waals surface area contributed by atoms with Crippen LogP contribution in [0, 0.1) is 20.2 Å². The van der Waals surface area contributed by atoms with E-state index in [4.69, 9.17) is 9.47 Å². The number of carbonyl (C=O) groups excluding carboxylic acids is 3. The van der Waals surface area contributed by atoms with Gasteiger partial charge in [-0.15, -0.1) is 0 Å². The number of non-ortho nitro benzene ring substituents is 2. The summed E-state index contributed by atoms with van der Waals surface area (Å²) in [6.07, 6.45) is 0.693. The van der Waals surface area contributed by atoms with Gasteiger partial charge in [0.2, 0.25) is 5.91 Å². The third-order valence-corrected chi connectivity index (χ3v) is 7.14. The van der Waals surface area contributed by atoms with Crippen molar-refractivity contribution in [2.45, 2.75) is 43.4 Å². The molecule has 222 valence electrons. The topological polar surface area (TPSA) is 187 Å². The standard InChI is InChI=1S/C26H28N6O9S/c33-24(29-10-9-19(12-29)28-26(35)41-15-18-3-7-21(8-4-18)32(38)39)23-11-22(42)13-30(23)16-27-25(34)40-14-17-1-5-20(6-2-17)31(36)37/h1-8,16,19,22-23,42H,9-15H2,(H,28,35)/t19-,22-,23-/m0/s1. The lowest BCUT2D eigenvalue weighted by Crippen LogP contribution is -2.46. The Morgan fingerprint density at radius 3 is 2.10 bits per heavy atom. The summed E-state index contributed by atoms with van der Waals surface area (Å²) in [5.74, 6) is -0.180. The van der Waals surface area contributed by atoms with Gasteiger partial charge in [0, 0.05) is 49.1 Å². The number of rotatable bonds is 9. The third kappa shape index (κ3) is 8.15. The minimum atomic E-state index is -0.875. The quantitative estimate of drug-likeness (QED) is 0.142. The number of likely N-dealkylation sites (tertiary alicyclic amines) is 2. The van der Waals surface area contributed by atoms with Crippen LogP contribution in [0.15, 0.2) is 53.5 Å². The molecule has 15 nitrogen and oxygen atoms in total. The number of aliphatic imine (C=N–C) groups is 1. The van der Waals surface area contributed by atoms with Crippen LogP contribution in [-0.2, 0) is 27.5 Å². The van der Waals surface area contributed by atoms with Crippen LogP contribution in [0.3, 0.4) is 0 Å². The number of nitrogens with zero attached hydrogens (tertiary/aromatic N) is 5. The monoisotopic (exact) mass is 600 g/mol. The molecule has 1 N–H and O–H groups in total. The second-order valence-electron chi connectivity index (χ2n) is 9.74. The third-order valence-electron chi connectivity index (χ3n) is 6.76. The largest absolute Gasteiger partial charge is 0.445 e. The Hall–Kier alpha value is -4.73. The Morgan fingerprint density at radius 2 is 1.52 bits per heavy atom. The van der Waals surface area contributed by atoms with Crippen molar-refractivity contribution in [1.29, 1.82) is 0 Å². The lowest BCUT2D eigenvalue weighted by molar-refractivity contribution is -0.385. The number of alkyl carbamates (subject to hydrolysis) is 1. The van der Waals surface area contributed by atoms with E-state index in [1.165, 1.54) is 54.9 Å². The highest BCUT2D eigenvalue weighted by atomic mass is 32.1. The second-order valence-corrected chi connectivity index (χ2v) is 10.5. The highest BCUT2D eigenvalue weighted by Gasteiger charge is 2.39. The van der Waals surface area contributed by atoms with E-state index in [-0.39, 0.29) is 48.3 Å². The van der Waals surface area contributed by atoms with Gasteiger partial charge in [-0.2, -0.15) is 17.6 Å². The van der Waals surface area contributed by atoms with Gasteiger partial charge in [0.15, 0.2) is 0 Å². The van der Waals surface area contributed by atoms with Crippen molar-refractivity contribution in [2.75, 3.05) is 19.6 Å². The van der Waals surface area contributed by atoms with Gasteiger partial charge in [0.05, 0.1) is 22.2 Å². The van der Waals surface area contributed by atoms with Gasteiger partial charge in [-0.1, -0.05) is 0 Å². The number of carbonyl (C=O) groups is 3. The molecule has 0 saturated carbocycles. The van der Waals surface area contributed by atoms with E-state index in [1.54, 1.807) is 9.80 Å². The molecule has 42 heavy (non-hydrogen) atoms. The van der Waals surface area contributed by atoms with Crippen LogP contribution in [0.1, 0.15) is 24.0 Å². The number of nitrogens with one attached hydrogen (secondary N) is 1. The van der Waals surface area contributed by atoms with Gasteiger partial charge < -0.3 is 24.6 Å². The number of benzene rings is 2. The van der Waals surface area contributed by atoms with E-state index in [1.807, 2.05) is 0 Å². The van der Waals surface area contributed by atoms with Crippen LogP contribution in [0.25, 0.3) is 0 Å². The fourth-order valence-corrected chi connectivity index (χ4v) is 4.97. The van der Waals surface area contributed by atoms with E-state index >= 15 is 0 Å². The molecule has 0 aromatic heterocycles. The Morgan fingerprint density at radius 1 is 0.952 bits per heavy atom. The van der Waals surface area contributed by atoms with Gasteiger partial charge in [-0.25, -0.2) is 9.59 Å². The smallest absolute Gasteiger partial charge is 0.435 e. The van der Waals surface area contributed by atoms with Crippen LogP contribution in [0.2, 0.25) is 0 Å². The molecule has 0 bridgehead atoms. The summed E-state index contributed by atoms with van der Waals surface area (Å²) in [6, 6.07) is 10.3. The molecule has 2 heterocycles. The van der Waals surface area contributed by atoms with Crippen LogP contribution in [0.4, 0.5) is 21.0 Å². The van der Waals surface area contributed by atoms with Gasteiger partial charge in [-0.05, 0) is 48.2 Å². The summed E-state index contributed by atoms with van der Waals surface area (Å²) in [4.78, 5) is 65.2. The molecule has 2 aromatic carbocycles. The molecule has 0 aliphatic carbocycles. The lowest BCUT2D eigenvalue weighted by Gasteiger charge is -2.26. The molecule has 4 rings (SSSR count). The molecule has 0 radical (unpaired) electrons. The predicted molar refractivity (Wildman–Crippen MR) is 151 cm³/mol. The average Bonchev–Trinajstić information content (AvgIpc) is 3.60. The minimum absolute atomic E-state index is 0.0603. The SMILES string of the molecule is O=C(N=CN1C[C@@H](S)C[C@H]1C(=O)N1CC[C@H](NC(=O)OCc2ccc([N+](=O)[O-])cc2)C1)OCc1ccc([N+](=O)[O-])cc1. The molecule has 3 amide bonds. The van der Waals surface area contributed by atoms with Crippen molar-refractivity contribution in [2.24, 2.45) is 4.99 Å². The van der Waals surface area contributed by atoms with Crippen molar-refractivity contribution in [3.63, 3.8) is 0 Å². The van der Waals surface area contributed by atoms with E-state index in [2.05, 4.69) is 22.9 Å². The van der Waals surface area contributed by atoms with Crippen molar-refractivity contribution < 1.29 is 33.7 Å². The molecule has 2 aliphatic heterocycles. The lowest BCUT2D eigenvalue weighted by atomic mass is 10.2. The molecule has 3 atom stereocenters.